The SMILES string of the molecule is C=CC/C(=C/CC/C=C(\C)CC/C=C(\C)CC/C=C(\C)CCC=C(C)C)CO. The van der Waals surface area contributed by atoms with Crippen LogP contribution in [0.1, 0.15) is 92.4 Å². The Morgan fingerprint density at radius 2 is 1.07 bits per heavy atom. The van der Waals surface area contributed by atoms with E-state index in [1.165, 1.54) is 35.1 Å². The van der Waals surface area contributed by atoms with E-state index in [0.29, 0.717) is 0 Å². The lowest BCUT2D eigenvalue weighted by Crippen LogP contribution is -1.88. The van der Waals surface area contributed by atoms with Crippen molar-refractivity contribution in [2.75, 3.05) is 6.61 Å². The van der Waals surface area contributed by atoms with Crippen LogP contribution in [0, 0.1) is 0 Å². The van der Waals surface area contributed by atoms with Crippen molar-refractivity contribution in [3.63, 3.8) is 0 Å². The molecule has 0 aliphatic carbocycles. The van der Waals surface area contributed by atoms with E-state index in [-0.39, 0.29) is 6.61 Å². The molecular formula is C27H44O. The van der Waals surface area contributed by atoms with Crippen molar-refractivity contribution in [2.24, 2.45) is 0 Å². The van der Waals surface area contributed by atoms with Crippen LogP contribution in [0.15, 0.2) is 70.9 Å². The molecule has 0 aliphatic heterocycles. The smallest absolute Gasteiger partial charge is 0.0644 e. The largest absolute Gasteiger partial charge is 0.392 e. The van der Waals surface area contributed by atoms with Crippen molar-refractivity contribution in [3.8, 4) is 0 Å². The second-order valence-corrected chi connectivity index (χ2v) is 8.14. The summed E-state index contributed by atoms with van der Waals surface area (Å²) < 4.78 is 0. The van der Waals surface area contributed by atoms with Crippen LogP contribution in [-0.2, 0) is 0 Å². The molecule has 0 saturated carbocycles. The van der Waals surface area contributed by atoms with E-state index in [2.05, 4.69) is 71.6 Å². The van der Waals surface area contributed by atoms with Crippen molar-refractivity contribution in [1.82, 2.24) is 0 Å². The summed E-state index contributed by atoms with van der Waals surface area (Å²) in [6.45, 7) is 14.9. The molecule has 0 aliphatic rings. The Labute approximate surface area is 175 Å². The number of unbranched alkanes of at least 4 members (excludes halogenated alkanes) is 1. The Morgan fingerprint density at radius 3 is 1.50 bits per heavy atom. The monoisotopic (exact) mass is 384 g/mol. The second kappa shape index (κ2) is 17.5. The van der Waals surface area contributed by atoms with Gasteiger partial charge < -0.3 is 5.11 Å². The zero-order valence-corrected chi connectivity index (χ0v) is 19.2. The maximum absolute atomic E-state index is 9.24. The lowest BCUT2D eigenvalue weighted by molar-refractivity contribution is 0.328. The molecule has 0 bridgehead atoms. The molecule has 0 unspecified atom stereocenters. The van der Waals surface area contributed by atoms with Gasteiger partial charge in [-0.2, -0.15) is 0 Å². The van der Waals surface area contributed by atoms with Gasteiger partial charge in [-0.05, 0) is 98.0 Å². The van der Waals surface area contributed by atoms with Crippen molar-refractivity contribution >= 4 is 0 Å². The third-order valence-corrected chi connectivity index (χ3v) is 4.86. The van der Waals surface area contributed by atoms with Crippen LogP contribution in [0.3, 0.4) is 0 Å². The first-order valence-electron chi connectivity index (χ1n) is 10.9. The first-order chi connectivity index (χ1) is 13.4. The fraction of sp³-hybridized carbons (Fsp3) is 0.556. The van der Waals surface area contributed by atoms with Crippen molar-refractivity contribution in [3.05, 3.63) is 70.9 Å². The standard InChI is InChI=1S/C27H44O/c1-7-13-27(22-28)21-9-8-15-24(4)17-11-19-26(6)20-12-18-25(5)16-10-14-23(2)3/h7,14-15,18-19,21,28H,1,8-13,16-17,20,22H2,2-6H3/b24-15+,25-18+,26-19+,27-21-. The molecule has 0 aromatic rings. The summed E-state index contributed by atoms with van der Waals surface area (Å²) in [5, 5.41) is 9.24. The van der Waals surface area contributed by atoms with E-state index in [0.717, 1.165) is 50.5 Å². The van der Waals surface area contributed by atoms with Crippen LogP contribution in [0.4, 0.5) is 0 Å². The number of hydrogen-bond donors (Lipinski definition) is 1. The van der Waals surface area contributed by atoms with Crippen molar-refractivity contribution in [1.29, 1.82) is 0 Å². The summed E-state index contributed by atoms with van der Waals surface area (Å²) in [6.07, 6.45) is 23.2. The van der Waals surface area contributed by atoms with Gasteiger partial charge in [0.2, 0.25) is 0 Å². The highest BCUT2D eigenvalue weighted by atomic mass is 16.3. The molecule has 0 aromatic carbocycles. The Bertz CT molecular complexity index is 577. The van der Waals surface area contributed by atoms with E-state index in [1.807, 2.05) is 6.08 Å². The van der Waals surface area contributed by atoms with Gasteiger partial charge in [-0.3, -0.25) is 0 Å². The average Bonchev–Trinajstić information content (AvgIpc) is 2.64. The molecule has 0 atom stereocenters. The molecule has 0 heterocycles. The highest BCUT2D eigenvalue weighted by Crippen LogP contribution is 2.14. The third kappa shape index (κ3) is 16.6. The van der Waals surface area contributed by atoms with E-state index in [1.54, 1.807) is 0 Å². The first kappa shape index (κ1) is 26.4. The number of aliphatic hydroxyl groups is 1. The minimum atomic E-state index is 0.142. The van der Waals surface area contributed by atoms with Crippen molar-refractivity contribution < 1.29 is 5.11 Å². The molecular weight excluding hydrogens is 340 g/mol. The molecule has 28 heavy (non-hydrogen) atoms. The summed E-state index contributed by atoms with van der Waals surface area (Å²) in [6, 6.07) is 0. The number of allylic oxidation sites excluding steroid dienone is 10. The van der Waals surface area contributed by atoms with Gasteiger partial charge in [0.05, 0.1) is 6.61 Å². The number of hydrogen-bond acceptors (Lipinski definition) is 1. The fourth-order valence-corrected chi connectivity index (χ4v) is 3.00. The lowest BCUT2D eigenvalue weighted by Gasteiger charge is -2.03. The topological polar surface area (TPSA) is 20.2 Å². The zero-order valence-electron chi connectivity index (χ0n) is 19.2. The molecule has 1 N–H and O–H groups in total. The van der Waals surface area contributed by atoms with Crippen LogP contribution < -0.4 is 0 Å². The number of aliphatic hydroxyl groups excluding tert-OH is 1. The van der Waals surface area contributed by atoms with Crippen LogP contribution in [0.25, 0.3) is 0 Å². The molecule has 0 fully saturated rings. The van der Waals surface area contributed by atoms with Crippen LogP contribution in [-0.4, -0.2) is 11.7 Å². The van der Waals surface area contributed by atoms with Gasteiger partial charge in [0.25, 0.3) is 0 Å². The summed E-state index contributed by atoms with van der Waals surface area (Å²) >= 11 is 0. The van der Waals surface area contributed by atoms with Crippen LogP contribution in [0.2, 0.25) is 0 Å². The van der Waals surface area contributed by atoms with E-state index in [4.69, 9.17) is 0 Å². The fourth-order valence-electron chi connectivity index (χ4n) is 3.00. The van der Waals surface area contributed by atoms with E-state index < -0.39 is 0 Å². The molecule has 0 saturated heterocycles. The zero-order chi connectivity index (χ0) is 21.2. The molecule has 0 radical (unpaired) electrons. The minimum absolute atomic E-state index is 0.142. The molecule has 158 valence electrons. The van der Waals surface area contributed by atoms with Gasteiger partial charge in [0, 0.05) is 0 Å². The van der Waals surface area contributed by atoms with Crippen LogP contribution >= 0.6 is 0 Å². The predicted octanol–water partition coefficient (Wildman–Crippen LogP) is 8.41. The summed E-state index contributed by atoms with van der Waals surface area (Å²) in [7, 11) is 0. The van der Waals surface area contributed by atoms with Gasteiger partial charge in [0.1, 0.15) is 0 Å². The molecule has 0 rings (SSSR count). The normalized spacial score (nSPS) is 13.6. The van der Waals surface area contributed by atoms with E-state index >= 15 is 0 Å². The summed E-state index contributed by atoms with van der Waals surface area (Å²) in [5.41, 5.74) is 6.95. The molecule has 0 spiro atoms. The van der Waals surface area contributed by atoms with E-state index in [9.17, 15) is 5.11 Å². The van der Waals surface area contributed by atoms with Crippen molar-refractivity contribution in [2.45, 2.75) is 92.4 Å². The lowest BCUT2D eigenvalue weighted by atomic mass is 10.0. The third-order valence-electron chi connectivity index (χ3n) is 4.86. The molecule has 0 aromatic heterocycles. The minimum Gasteiger partial charge on any atom is -0.392 e. The van der Waals surface area contributed by atoms with Gasteiger partial charge in [-0.1, -0.05) is 58.7 Å². The average molecular weight is 385 g/mol. The Balaban J connectivity index is 4.09. The Hall–Kier alpha value is -1.60. The Kier molecular flexibility index (Phi) is 16.5. The summed E-state index contributed by atoms with van der Waals surface area (Å²) in [4.78, 5) is 0. The first-order valence-corrected chi connectivity index (χ1v) is 10.9. The predicted molar refractivity (Wildman–Crippen MR) is 128 cm³/mol. The Morgan fingerprint density at radius 1 is 0.643 bits per heavy atom. The quantitative estimate of drug-likeness (QED) is 0.222. The molecule has 1 nitrogen and oxygen atoms in total. The van der Waals surface area contributed by atoms with Gasteiger partial charge in [-0.15, -0.1) is 6.58 Å². The highest BCUT2D eigenvalue weighted by molar-refractivity contribution is 5.09. The second-order valence-electron chi connectivity index (χ2n) is 8.14. The summed E-state index contributed by atoms with van der Waals surface area (Å²) in [5.74, 6) is 0. The van der Waals surface area contributed by atoms with Gasteiger partial charge in [-0.25, -0.2) is 0 Å². The molecule has 1 heteroatoms. The van der Waals surface area contributed by atoms with Crippen LogP contribution in [0.5, 0.6) is 0 Å². The number of rotatable bonds is 15. The van der Waals surface area contributed by atoms with Gasteiger partial charge >= 0.3 is 0 Å². The maximum atomic E-state index is 9.24. The molecule has 0 amide bonds. The highest BCUT2D eigenvalue weighted by Gasteiger charge is 1.94. The van der Waals surface area contributed by atoms with Gasteiger partial charge in [0.15, 0.2) is 0 Å². The maximum Gasteiger partial charge on any atom is 0.0644 e.